The van der Waals surface area contributed by atoms with Crippen molar-refractivity contribution >= 4 is 0 Å². The zero-order valence-corrected chi connectivity index (χ0v) is 30.2. The molecule has 0 aromatic heterocycles. The van der Waals surface area contributed by atoms with Crippen LogP contribution in [0.3, 0.4) is 0 Å². The Morgan fingerprint density at radius 2 is 1.35 bits per heavy atom. The summed E-state index contributed by atoms with van der Waals surface area (Å²) in [6.07, 6.45) is -0.0593. The Balaban J connectivity index is 1.29. The van der Waals surface area contributed by atoms with E-state index in [1.165, 1.54) is 0 Å². The molecule has 1 aliphatic carbocycles. The second-order valence-corrected chi connectivity index (χ2v) is 14.2. The number of aliphatic hydroxyl groups excluding tert-OH is 2. The van der Waals surface area contributed by atoms with Crippen LogP contribution in [0, 0.1) is 5.92 Å². The van der Waals surface area contributed by atoms with Gasteiger partial charge in [-0.25, -0.2) is 0 Å². The number of fused-ring (bicyclic) bond motifs is 1. The molecule has 49 heavy (non-hydrogen) atoms. The number of rotatable bonds is 17. The first-order chi connectivity index (χ1) is 23.9. The average molecular weight is 695 g/mol. The third-order valence-electron chi connectivity index (χ3n) is 10.2. The van der Waals surface area contributed by atoms with E-state index in [1.54, 1.807) is 0 Å². The van der Waals surface area contributed by atoms with Gasteiger partial charge in [-0.1, -0.05) is 83.7 Å². The molecule has 3 saturated heterocycles. The minimum Gasteiger partial charge on any atom is -0.387 e. The standard InChI is InChI=1S/C38H62O11/c1-6-9-20-41-32-25(5)45-38(35(43-22-11-8-3)34(32)42-21-10-7-2)48-31-24(4)16-15-19-27(31)46-37-30(40)29(39)33-28(47-37)23-44-36(49-33)26-17-13-12-14-18-26/h12-14,17-18,24-25,27-40H,6-11,15-16,19-23H2,1-5H3/t24-,25?,27-,28+,29?,30?,31?,32-,33+,34?,35+,36?,37-,38+/m1/s1. The molecule has 1 saturated carbocycles. The van der Waals surface area contributed by atoms with Crippen molar-refractivity contribution in [1.29, 1.82) is 0 Å². The topological polar surface area (TPSA) is 124 Å². The van der Waals surface area contributed by atoms with Crippen LogP contribution in [0.15, 0.2) is 30.3 Å². The Bertz CT molecular complexity index is 1060. The van der Waals surface area contributed by atoms with Crippen LogP contribution in [-0.4, -0.2) is 110 Å². The normalized spacial score (nSPS) is 39.8. The molecule has 14 atom stereocenters. The largest absolute Gasteiger partial charge is 0.387 e. The second kappa shape index (κ2) is 19.6. The SMILES string of the molecule is CCCCOC1[C@H](OCCCC)C(C)O[C@@H](OC2[C@H](C)CCC[C@H]2O[C@@H]2O[C@H]3COC(c4ccccc4)O[C@@H]3C(O)C2O)[C@H]1OCCCC. The maximum atomic E-state index is 11.3. The van der Waals surface area contributed by atoms with E-state index >= 15 is 0 Å². The van der Waals surface area contributed by atoms with Crippen LogP contribution in [-0.2, 0) is 42.6 Å². The minimum atomic E-state index is -1.32. The van der Waals surface area contributed by atoms with Crippen molar-refractivity contribution < 1.29 is 52.8 Å². The van der Waals surface area contributed by atoms with Crippen molar-refractivity contribution in [3.05, 3.63) is 35.9 Å². The molecule has 280 valence electrons. The number of aliphatic hydroxyl groups is 2. The van der Waals surface area contributed by atoms with Crippen molar-refractivity contribution in [2.24, 2.45) is 5.92 Å². The predicted molar refractivity (Wildman–Crippen MR) is 182 cm³/mol. The zero-order chi connectivity index (χ0) is 34.8. The molecule has 0 bridgehead atoms. The first-order valence-corrected chi connectivity index (χ1v) is 19.0. The van der Waals surface area contributed by atoms with E-state index in [9.17, 15) is 10.2 Å². The van der Waals surface area contributed by atoms with Crippen LogP contribution in [0.4, 0.5) is 0 Å². The molecule has 3 aliphatic heterocycles. The molecule has 11 heteroatoms. The Labute approximate surface area is 293 Å². The summed E-state index contributed by atoms with van der Waals surface area (Å²) in [6, 6.07) is 9.54. The lowest BCUT2D eigenvalue weighted by molar-refractivity contribution is -0.377. The quantitative estimate of drug-likeness (QED) is 0.203. The lowest BCUT2D eigenvalue weighted by Crippen LogP contribution is -2.64. The van der Waals surface area contributed by atoms with Crippen molar-refractivity contribution in [3.63, 3.8) is 0 Å². The molecule has 11 nitrogen and oxygen atoms in total. The van der Waals surface area contributed by atoms with Gasteiger partial charge in [0.05, 0.1) is 24.9 Å². The minimum absolute atomic E-state index is 0.137. The van der Waals surface area contributed by atoms with Crippen LogP contribution in [0.25, 0.3) is 0 Å². The van der Waals surface area contributed by atoms with Crippen LogP contribution >= 0.6 is 0 Å². The second-order valence-electron chi connectivity index (χ2n) is 14.2. The number of unbranched alkanes of at least 4 members (excludes halogenated alkanes) is 3. The smallest absolute Gasteiger partial charge is 0.187 e. The predicted octanol–water partition coefficient (Wildman–Crippen LogP) is 5.44. The van der Waals surface area contributed by atoms with Crippen LogP contribution in [0.1, 0.15) is 104 Å². The summed E-state index contributed by atoms with van der Waals surface area (Å²) in [7, 11) is 0. The molecule has 3 heterocycles. The molecule has 4 aliphatic rings. The Hall–Kier alpha value is -1.22. The molecular formula is C38H62O11. The Morgan fingerprint density at radius 3 is 2.02 bits per heavy atom. The molecule has 6 unspecified atom stereocenters. The van der Waals surface area contributed by atoms with Gasteiger partial charge in [0.15, 0.2) is 18.9 Å². The molecule has 4 fully saturated rings. The van der Waals surface area contributed by atoms with E-state index in [0.717, 1.165) is 56.9 Å². The highest BCUT2D eigenvalue weighted by molar-refractivity contribution is 5.16. The van der Waals surface area contributed by atoms with E-state index in [4.69, 9.17) is 42.6 Å². The summed E-state index contributed by atoms with van der Waals surface area (Å²) in [4.78, 5) is 0. The Kier molecular flexibility index (Phi) is 15.6. The highest BCUT2D eigenvalue weighted by Crippen LogP contribution is 2.39. The molecule has 0 radical (unpaired) electrons. The molecular weight excluding hydrogens is 632 g/mol. The van der Waals surface area contributed by atoms with Gasteiger partial charge < -0.3 is 52.8 Å². The van der Waals surface area contributed by atoms with Crippen LogP contribution < -0.4 is 0 Å². The number of hydrogen-bond acceptors (Lipinski definition) is 11. The fourth-order valence-corrected chi connectivity index (χ4v) is 7.27. The van der Waals surface area contributed by atoms with Gasteiger partial charge in [0.2, 0.25) is 0 Å². The highest BCUT2D eigenvalue weighted by Gasteiger charge is 2.52. The van der Waals surface area contributed by atoms with E-state index in [2.05, 4.69) is 27.7 Å². The van der Waals surface area contributed by atoms with E-state index in [1.807, 2.05) is 37.3 Å². The molecule has 1 aromatic rings. The fraction of sp³-hybridized carbons (Fsp3) is 0.842. The van der Waals surface area contributed by atoms with Gasteiger partial charge in [0, 0.05) is 25.4 Å². The van der Waals surface area contributed by atoms with Crippen LogP contribution in [0.2, 0.25) is 0 Å². The van der Waals surface area contributed by atoms with Gasteiger partial charge in [-0.2, -0.15) is 0 Å². The van der Waals surface area contributed by atoms with Gasteiger partial charge in [0.1, 0.15) is 42.7 Å². The molecule has 2 N–H and O–H groups in total. The number of hydrogen-bond donors (Lipinski definition) is 2. The average Bonchev–Trinajstić information content (AvgIpc) is 3.11. The van der Waals surface area contributed by atoms with Gasteiger partial charge in [-0.15, -0.1) is 0 Å². The Morgan fingerprint density at radius 1 is 0.694 bits per heavy atom. The van der Waals surface area contributed by atoms with E-state index in [0.29, 0.717) is 26.2 Å². The van der Waals surface area contributed by atoms with Crippen molar-refractivity contribution in [2.45, 2.75) is 172 Å². The van der Waals surface area contributed by atoms with Gasteiger partial charge in [-0.05, 0) is 44.9 Å². The summed E-state index contributed by atoms with van der Waals surface area (Å²) in [6.45, 7) is 12.6. The third-order valence-corrected chi connectivity index (χ3v) is 10.2. The lowest BCUT2D eigenvalue weighted by atomic mass is 9.85. The summed E-state index contributed by atoms with van der Waals surface area (Å²) < 4.78 is 57.8. The summed E-state index contributed by atoms with van der Waals surface area (Å²) >= 11 is 0. The van der Waals surface area contributed by atoms with Gasteiger partial charge in [0.25, 0.3) is 0 Å². The maximum absolute atomic E-state index is 11.3. The van der Waals surface area contributed by atoms with E-state index < -0.39 is 55.5 Å². The molecule has 1 aromatic carbocycles. The van der Waals surface area contributed by atoms with Crippen molar-refractivity contribution in [3.8, 4) is 0 Å². The first-order valence-electron chi connectivity index (χ1n) is 19.0. The summed E-state index contributed by atoms with van der Waals surface area (Å²) in [5, 5.41) is 22.5. The summed E-state index contributed by atoms with van der Waals surface area (Å²) in [5.74, 6) is 0.137. The molecule has 5 rings (SSSR count). The third kappa shape index (κ3) is 10.0. The van der Waals surface area contributed by atoms with Gasteiger partial charge in [-0.3, -0.25) is 0 Å². The van der Waals surface area contributed by atoms with Crippen LogP contribution in [0.5, 0.6) is 0 Å². The van der Waals surface area contributed by atoms with Crippen molar-refractivity contribution in [2.75, 3.05) is 26.4 Å². The zero-order valence-electron chi connectivity index (χ0n) is 30.2. The lowest BCUT2D eigenvalue weighted by Gasteiger charge is -2.49. The number of ether oxygens (including phenoxy) is 9. The van der Waals surface area contributed by atoms with E-state index in [-0.39, 0.29) is 36.9 Å². The molecule has 0 amide bonds. The fourth-order valence-electron chi connectivity index (χ4n) is 7.27. The number of benzene rings is 1. The summed E-state index contributed by atoms with van der Waals surface area (Å²) in [5.41, 5.74) is 0.838. The maximum Gasteiger partial charge on any atom is 0.187 e. The monoisotopic (exact) mass is 694 g/mol. The highest BCUT2D eigenvalue weighted by atomic mass is 16.8. The first kappa shape index (κ1) is 39.0. The van der Waals surface area contributed by atoms with Crippen molar-refractivity contribution in [1.82, 2.24) is 0 Å². The van der Waals surface area contributed by atoms with Gasteiger partial charge >= 0.3 is 0 Å². The molecule has 0 spiro atoms.